The lowest BCUT2D eigenvalue weighted by molar-refractivity contribution is 0.103. The normalized spacial score (nSPS) is 12.7. The van der Waals surface area contributed by atoms with Crippen LogP contribution in [0.3, 0.4) is 0 Å². The summed E-state index contributed by atoms with van der Waals surface area (Å²) in [5.74, 6) is -0.0513. The van der Waals surface area contributed by atoms with Gasteiger partial charge in [-0.05, 0) is 74.6 Å². The minimum atomic E-state index is -3.40. The maximum Gasteiger partial charge on any atom is 0.233 e. The standard InChI is InChI=1S/C24H28ClN3O3S/c1-16-15-22(26-23(16)24(29)19-5-9-20(25)10-6-19)17(2)18-7-11-21(12-8-18)27-32(30,31)14-13-28(3)4/h5-12,15,17,26-27H,13-14H2,1-4H3. The maximum absolute atomic E-state index is 12.9. The number of nitrogens with one attached hydrogen (secondary N) is 2. The molecule has 0 saturated heterocycles. The van der Waals surface area contributed by atoms with Crippen LogP contribution >= 0.6 is 11.6 Å². The Hall–Kier alpha value is -2.61. The van der Waals surface area contributed by atoms with Gasteiger partial charge in [-0.2, -0.15) is 0 Å². The lowest BCUT2D eigenvalue weighted by Gasteiger charge is -2.14. The number of H-pyrrole nitrogens is 1. The highest BCUT2D eigenvalue weighted by atomic mass is 35.5. The highest BCUT2D eigenvalue weighted by Crippen LogP contribution is 2.27. The number of carbonyl (C=O) groups is 1. The van der Waals surface area contributed by atoms with Crippen molar-refractivity contribution in [2.45, 2.75) is 19.8 Å². The molecule has 0 spiro atoms. The third-order valence-corrected chi connectivity index (χ3v) is 6.85. The molecule has 0 radical (unpaired) electrons. The molecule has 1 aromatic heterocycles. The number of rotatable bonds is 9. The summed E-state index contributed by atoms with van der Waals surface area (Å²) in [6, 6.07) is 16.1. The van der Waals surface area contributed by atoms with Crippen LogP contribution in [0, 0.1) is 6.92 Å². The number of aromatic nitrogens is 1. The molecule has 0 aliphatic heterocycles. The number of benzene rings is 2. The van der Waals surface area contributed by atoms with Gasteiger partial charge in [-0.3, -0.25) is 9.52 Å². The molecule has 0 amide bonds. The first-order valence-electron chi connectivity index (χ1n) is 10.3. The summed E-state index contributed by atoms with van der Waals surface area (Å²) in [7, 11) is 0.272. The van der Waals surface area contributed by atoms with Gasteiger partial charge < -0.3 is 9.88 Å². The molecular weight excluding hydrogens is 446 g/mol. The van der Waals surface area contributed by atoms with E-state index in [-0.39, 0.29) is 17.5 Å². The molecule has 0 saturated carbocycles. The van der Waals surface area contributed by atoms with Gasteiger partial charge in [0.25, 0.3) is 0 Å². The fourth-order valence-corrected chi connectivity index (χ4v) is 4.68. The van der Waals surface area contributed by atoms with Crippen molar-refractivity contribution < 1.29 is 13.2 Å². The van der Waals surface area contributed by atoms with E-state index >= 15 is 0 Å². The molecule has 3 aromatic rings. The first-order valence-corrected chi connectivity index (χ1v) is 12.3. The summed E-state index contributed by atoms with van der Waals surface area (Å²) in [5, 5.41) is 0.586. The Morgan fingerprint density at radius 3 is 2.31 bits per heavy atom. The molecule has 1 unspecified atom stereocenters. The number of anilines is 1. The number of hydrogen-bond donors (Lipinski definition) is 2. The average Bonchev–Trinajstić information content (AvgIpc) is 3.14. The monoisotopic (exact) mass is 473 g/mol. The SMILES string of the molecule is Cc1cc(C(C)c2ccc(NS(=O)(=O)CCN(C)C)cc2)[nH]c1C(=O)c1ccc(Cl)cc1. The fraction of sp³-hybridized carbons (Fsp3) is 0.292. The van der Waals surface area contributed by atoms with Gasteiger partial charge >= 0.3 is 0 Å². The molecule has 0 aliphatic rings. The van der Waals surface area contributed by atoms with Crippen molar-refractivity contribution in [2.24, 2.45) is 0 Å². The second-order valence-corrected chi connectivity index (χ2v) is 10.5. The summed E-state index contributed by atoms with van der Waals surface area (Å²) in [5.41, 5.74) is 4.45. The largest absolute Gasteiger partial charge is 0.355 e. The van der Waals surface area contributed by atoms with E-state index in [1.807, 2.05) is 51.0 Å². The molecule has 2 N–H and O–H groups in total. The summed E-state index contributed by atoms with van der Waals surface area (Å²) < 4.78 is 27.0. The number of carbonyl (C=O) groups excluding carboxylic acids is 1. The van der Waals surface area contributed by atoms with Crippen LogP contribution in [0.25, 0.3) is 0 Å². The molecule has 32 heavy (non-hydrogen) atoms. The second kappa shape index (κ2) is 9.90. The van der Waals surface area contributed by atoms with Crippen LogP contribution in [0.5, 0.6) is 0 Å². The van der Waals surface area contributed by atoms with E-state index in [4.69, 9.17) is 11.6 Å². The number of aryl methyl sites for hydroxylation is 1. The van der Waals surface area contributed by atoms with Crippen molar-refractivity contribution in [2.75, 3.05) is 31.1 Å². The molecule has 8 heteroatoms. The predicted octanol–water partition coefficient (Wildman–Crippen LogP) is 4.66. The zero-order valence-corrected chi connectivity index (χ0v) is 20.2. The van der Waals surface area contributed by atoms with Gasteiger partial charge in [-0.25, -0.2) is 8.42 Å². The minimum Gasteiger partial charge on any atom is -0.355 e. The van der Waals surface area contributed by atoms with E-state index < -0.39 is 10.0 Å². The van der Waals surface area contributed by atoms with Crippen LogP contribution in [0.2, 0.25) is 5.02 Å². The Morgan fingerprint density at radius 1 is 1.09 bits per heavy atom. The van der Waals surface area contributed by atoms with E-state index in [0.29, 0.717) is 28.5 Å². The smallest absolute Gasteiger partial charge is 0.233 e. The molecule has 0 fully saturated rings. The number of sulfonamides is 1. The van der Waals surface area contributed by atoms with E-state index in [2.05, 4.69) is 9.71 Å². The molecule has 6 nitrogen and oxygen atoms in total. The zero-order valence-electron chi connectivity index (χ0n) is 18.6. The third-order valence-electron chi connectivity index (χ3n) is 5.33. The van der Waals surface area contributed by atoms with Gasteiger partial charge in [0.15, 0.2) is 0 Å². The number of nitrogens with zero attached hydrogens (tertiary/aromatic N) is 1. The summed E-state index contributed by atoms with van der Waals surface area (Å²) in [6.45, 7) is 4.40. The minimum absolute atomic E-state index is 0.000124. The topological polar surface area (TPSA) is 82.3 Å². The van der Waals surface area contributed by atoms with E-state index in [1.165, 1.54) is 0 Å². The molecule has 2 aromatic carbocycles. The van der Waals surface area contributed by atoms with Crippen LogP contribution in [0.15, 0.2) is 54.6 Å². The number of hydrogen-bond acceptors (Lipinski definition) is 4. The van der Waals surface area contributed by atoms with Crippen molar-refractivity contribution in [3.8, 4) is 0 Å². The predicted molar refractivity (Wildman–Crippen MR) is 130 cm³/mol. The highest BCUT2D eigenvalue weighted by Gasteiger charge is 2.19. The third kappa shape index (κ3) is 6.00. The molecule has 1 atom stereocenters. The Balaban J connectivity index is 1.74. The summed E-state index contributed by atoms with van der Waals surface area (Å²) in [4.78, 5) is 18.0. The van der Waals surface area contributed by atoms with Gasteiger partial charge in [-0.1, -0.05) is 30.7 Å². The van der Waals surface area contributed by atoms with Crippen LogP contribution < -0.4 is 4.72 Å². The Bertz CT molecular complexity index is 1180. The molecule has 170 valence electrons. The Kier molecular flexibility index (Phi) is 7.44. The maximum atomic E-state index is 12.9. The summed E-state index contributed by atoms with van der Waals surface area (Å²) >= 11 is 5.92. The first-order chi connectivity index (χ1) is 15.1. The lowest BCUT2D eigenvalue weighted by atomic mass is 9.97. The quantitative estimate of drug-likeness (QED) is 0.443. The van der Waals surface area contributed by atoms with Gasteiger partial charge in [0, 0.05) is 34.4 Å². The zero-order chi connectivity index (χ0) is 23.5. The average molecular weight is 474 g/mol. The van der Waals surface area contributed by atoms with Gasteiger partial charge in [-0.15, -0.1) is 0 Å². The van der Waals surface area contributed by atoms with Crippen LogP contribution in [0.4, 0.5) is 5.69 Å². The van der Waals surface area contributed by atoms with Crippen LogP contribution in [0.1, 0.15) is 45.7 Å². The van der Waals surface area contributed by atoms with Crippen LogP contribution in [-0.4, -0.2) is 50.5 Å². The van der Waals surface area contributed by atoms with E-state index in [1.54, 1.807) is 36.4 Å². The van der Waals surface area contributed by atoms with Crippen molar-refractivity contribution in [3.63, 3.8) is 0 Å². The van der Waals surface area contributed by atoms with Gasteiger partial charge in [0.1, 0.15) is 0 Å². The fourth-order valence-electron chi connectivity index (χ4n) is 3.35. The molecule has 1 heterocycles. The number of ketones is 1. The number of aromatic amines is 1. The Morgan fingerprint density at radius 2 is 1.72 bits per heavy atom. The Labute approximate surface area is 194 Å². The van der Waals surface area contributed by atoms with Crippen LogP contribution in [-0.2, 0) is 10.0 Å². The molecule has 0 bridgehead atoms. The second-order valence-electron chi connectivity index (χ2n) is 8.19. The van der Waals surface area contributed by atoms with Crippen molar-refractivity contribution in [1.82, 2.24) is 9.88 Å². The van der Waals surface area contributed by atoms with Crippen molar-refractivity contribution in [1.29, 1.82) is 0 Å². The molecule has 0 aliphatic carbocycles. The highest BCUT2D eigenvalue weighted by molar-refractivity contribution is 7.92. The van der Waals surface area contributed by atoms with Gasteiger partial charge in [0.2, 0.25) is 15.8 Å². The van der Waals surface area contributed by atoms with E-state index in [0.717, 1.165) is 16.8 Å². The van der Waals surface area contributed by atoms with Crippen molar-refractivity contribution in [3.05, 3.63) is 87.7 Å². The summed E-state index contributed by atoms with van der Waals surface area (Å²) in [6.07, 6.45) is 0. The lowest BCUT2D eigenvalue weighted by Crippen LogP contribution is -2.26. The van der Waals surface area contributed by atoms with Crippen molar-refractivity contribution >= 4 is 33.1 Å². The number of halogens is 1. The molecular formula is C24H28ClN3O3S. The van der Waals surface area contributed by atoms with Gasteiger partial charge in [0.05, 0.1) is 11.4 Å². The van der Waals surface area contributed by atoms with E-state index in [9.17, 15) is 13.2 Å². The molecule has 3 rings (SSSR count). The first kappa shape index (κ1) is 24.0.